The van der Waals surface area contributed by atoms with Gasteiger partial charge in [0, 0.05) is 20.2 Å². The van der Waals surface area contributed by atoms with Crippen LogP contribution in [0.2, 0.25) is 0 Å². The number of aryl methyl sites for hydroxylation is 2. The van der Waals surface area contributed by atoms with E-state index < -0.39 is 0 Å². The average Bonchev–Trinajstić information content (AvgIpc) is 2.97. The van der Waals surface area contributed by atoms with Gasteiger partial charge in [0.05, 0.1) is 20.3 Å². The minimum Gasteiger partial charge on any atom is -0.497 e. The molecule has 0 aliphatic carbocycles. The first-order valence-corrected chi connectivity index (χ1v) is 6.91. The Kier molecular flexibility index (Phi) is 6.11. The topological polar surface area (TPSA) is 74.1 Å². The zero-order valence-corrected chi connectivity index (χ0v) is 12.5. The minimum atomic E-state index is 0.638. The summed E-state index contributed by atoms with van der Waals surface area (Å²) in [4.78, 5) is 0. The van der Waals surface area contributed by atoms with Crippen molar-refractivity contribution in [2.24, 2.45) is 0 Å². The highest BCUT2D eigenvalue weighted by Gasteiger charge is 2.05. The predicted octanol–water partition coefficient (Wildman–Crippen LogP) is 0.660. The molecule has 0 saturated heterocycles. The molecule has 7 heteroatoms. The molecule has 21 heavy (non-hydrogen) atoms. The van der Waals surface area contributed by atoms with Gasteiger partial charge in [0.25, 0.3) is 0 Å². The average molecular weight is 291 g/mol. The maximum Gasteiger partial charge on any atom is 0.165 e. The van der Waals surface area contributed by atoms with Crippen LogP contribution >= 0.6 is 0 Å². The molecule has 0 aliphatic rings. The summed E-state index contributed by atoms with van der Waals surface area (Å²) in [5.41, 5.74) is 1.23. The van der Waals surface area contributed by atoms with Crippen LogP contribution in [0.5, 0.6) is 5.75 Å². The third-order valence-corrected chi connectivity index (χ3v) is 3.14. The van der Waals surface area contributed by atoms with Crippen LogP contribution in [-0.4, -0.2) is 47.6 Å². The normalized spacial score (nSPS) is 10.8. The molecule has 0 amide bonds. The monoisotopic (exact) mass is 291 g/mol. The molecule has 1 aromatic heterocycles. The summed E-state index contributed by atoms with van der Waals surface area (Å²) in [5.74, 6) is 1.70. The van der Waals surface area contributed by atoms with Crippen LogP contribution < -0.4 is 10.1 Å². The quantitative estimate of drug-likeness (QED) is 0.684. The Hall–Kier alpha value is -1.99. The highest BCUT2D eigenvalue weighted by atomic mass is 16.5. The van der Waals surface area contributed by atoms with E-state index >= 15 is 0 Å². The molecule has 2 aromatic rings. The molecule has 0 unspecified atom stereocenters. The van der Waals surface area contributed by atoms with Crippen molar-refractivity contribution in [2.45, 2.75) is 19.5 Å². The fourth-order valence-corrected chi connectivity index (χ4v) is 1.93. The third kappa shape index (κ3) is 4.80. The fraction of sp³-hybridized carbons (Fsp3) is 0.500. The SMILES string of the molecule is COCCNCc1nnnn1CCc1ccc(OC)cc1. The molecular weight excluding hydrogens is 270 g/mol. The van der Waals surface area contributed by atoms with E-state index in [2.05, 4.69) is 33.0 Å². The van der Waals surface area contributed by atoms with Gasteiger partial charge in [-0.2, -0.15) is 0 Å². The lowest BCUT2D eigenvalue weighted by Crippen LogP contribution is -2.21. The number of aromatic nitrogens is 4. The Morgan fingerprint density at radius 2 is 2.00 bits per heavy atom. The minimum absolute atomic E-state index is 0.638. The lowest BCUT2D eigenvalue weighted by atomic mass is 10.1. The molecular formula is C14H21N5O2. The maximum absolute atomic E-state index is 5.15. The maximum atomic E-state index is 5.15. The van der Waals surface area contributed by atoms with Crippen molar-refractivity contribution in [3.63, 3.8) is 0 Å². The van der Waals surface area contributed by atoms with Crippen molar-refractivity contribution in [1.29, 1.82) is 0 Å². The molecule has 0 aliphatic heterocycles. The summed E-state index contributed by atoms with van der Waals surface area (Å²) >= 11 is 0. The number of benzene rings is 1. The second-order valence-corrected chi connectivity index (χ2v) is 4.59. The van der Waals surface area contributed by atoms with Crippen molar-refractivity contribution < 1.29 is 9.47 Å². The molecule has 0 bridgehead atoms. The Bertz CT molecular complexity index is 526. The van der Waals surface area contributed by atoms with Gasteiger partial charge in [0.1, 0.15) is 5.75 Å². The summed E-state index contributed by atoms with van der Waals surface area (Å²) in [6.07, 6.45) is 0.875. The summed E-state index contributed by atoms with van der Waals surface area (Å²) in [6, 6.07) is 8.03. The van der Waals surface area contributed by atoms with Crippen LogP contribution in [0.3, 0.4) is 0 Å². The van der Waals surface area contributed by atoms with Crippen molar-refractivity contribution in [3.05, 3.63) is 35.7 Å². The van der Waals surface area contributed by atoms with Crippen LogP contribution in [0.4, 0.5) is 0 Å². The number of nitrogens with zero attached hydrogens (tertiary/aromatic N) is 4. The third-order valence-electron chi connectivity index (χ3n) is 3.14. The number of methoxy groups -OCH3 is 2. The standard InChI is InChI=1S/C14H21N5O2/c1-20-10-8-15-11-14-16-17-18-19(14)9-7-12-3-5-13(21-2)6-4-12/h3-6,15H,7-11H2,1-2H3. The molecule has 7 nitrogen and oxygen atoms in total. The van der Waals surface area contributed by atoms with E-state index in [4.69, 9.17) is 9.47 Å². The number of tetrazole rings is 1. The van der Waals surface area contributed by atoms with Crippen molar-refractivity contribution >= 4 is 0 Å². The van der Waals surface area contributed by atoms with Gasteiger partial charge in [0.2, 0.25) is 0 Å². The van der Waals surface area contributed by atoms with Gasteiger partial charge in [-0.3, -0.25) is 0 Å². The highest BCUT2D eigenvalue weighted by Crippen LogP contribution is 2.12. The molecule has 0 fully saturated rings. The predicted molar refractivity (Wildman–Crippen MR) is 78.1 cm³/mol. The molecule has 1 N–H and O–H groups in total. The summed E-state index contributed by atoms with van der Waals surface area (Å²) in [5, 5.41) is 15.0. The molecule has 0 saturated carbocycles. The smallest absolute Gasteiger partial charge is 0.165 e. The highest BCUT2D eigenvalue weighted by molar-refractivity contribution is 5.27. The van der Waals surface area contributed by atoms with Gasteiger partial charge in [-0.25, -0.2) is 4.68 Å². The van der Waals surface area contributed by atoms with Gasteiger partial charge in [-0.15, -0.1) is 5.10 Å². The second kappa shape index (κ2) is 8.33. The van der Waals surface area contributed by atoms with E-state index in [9.17, 15) is 0 Å². The van der Waals surface area contributed by atoms with E-state index in [0.29, 0.717) is 13.2 Å². The molecule has 2 rings (SSSR count). The Balaban J connectivity index is 1.83. The molecule has 0 radical (unpaired) electrons. The van der Waals surface area contributed by atoms with Gasteiger partial charge in [-0.1, -0.05) is 12.1 Å². The van der Waals surface area contributed by atoms with Crippen molar-refractivity contribution in [2.75, 3.05) is 27.4 Å². The molecule has 0 spiro atoms. The Labute approximate surface area is 124 Å². The first-order chi connectivity index (χ1) is 10.3. The van der Waals surface area contributed by atoms with Gasteiger partial charge < -0.3 is 14.8 Å². The molecule has 1 aromatic carbocycles. The van der Waals surface area contributed by atoms with Crippen LogP contribution in [0.1, 0.15) is 11.4 Å². The van der Waals surface area contributed by atoms with Gasteiger partial charge in [0.15, 0.2) is 5.82 Å². The van der Waals surface area contributed by atoms with E-state index in [1.807, 2.05) is 16.8 Å². The van der Waals surface area contributed by atoms with E-state index in [-0.39, 0.29) is 0 Å². The zero-order valence-electron chi connectivity index (χ0n) is 12.5. The first kappa shape index (κ1) is 15.4. The van der Waals surface area contributed by atoms with Crippen molar-refractivity contribution in [3.8, 4) is 5.75 Å². The van der Waals surface area contributed by atoms with E-state index in [0.717, 1.165) is 31.1 Å². The lowest BCUT2D eigenvalue weighted by molar-refractivity contribution is 0.198. The fourth-order valence-electron chi connectivity index (χ4n) is 1.93. The summed E-state index contributed by atoms with van der Waals surface area (Å²) < 4.78 is 12.0. The zero-order chi connectivity index (χ0) is 14.9. The Morgan fingerprint density at radius 1 is 1.19 bits per heavy atom. The second-order valence-electron chi connectivity index (χ2n) is 4.59. The lowest BCUT2D eigenvalue weighted by Gasteiger charge is -2.06. The number of ether oxygens (including phenoxy) is 2. The molecule has 114 valence electrons. The molecule has 0 atom stereocenters. The van der Waals surface area contributed by atoms with Gasteiger partial charge >= 0.3 is 0 Å². The van der Waals surface area contributed by atoms with Crippen molar-refractivity contribution in [1.82, 2.24) is 25.5 Å². The number of rotatable bonds is 9. The number of hydrogen-bond acceptors (Lipinski definition) is 6. The first-order valence-electron chi connectivity index (χ1n) is 6.91. The number of nitrogens with one attached hydrogen (secondary N) is 1. The summed E-state index contributed by atoms with van der Waals surface area (Å²) in [6.45, 7) is 2.84. The molecule has 1 heterocycles. The largest absolute Gasteiger partial charge is 0.497 e. The van der Waals surface area contributed by atoms with Crippen LogP contribution in [-0.2, 0) is 24.2 Å². The number of hydrogen-bond donors (Lipinski definition) is 1. The van der Waals surface area contributed by atoms with Crippen LogP contribution in [0.25, 0.3) is 0 Å². The van der Waals surface area contributed by atoms with Crippen LogP contribution in [0, 0.1) is 0 Å². The van der Waals surface area contributed by atoms with E-state index in [1.165, 1.54) is 5.56 Å². The summed E-state index contributed by atoms with van der Waals surface area (Å²) in [7, 11) is 3.35. The van der Waals surface area contributed by atoms with Gasteiger partial charge in [-0.05, 0) is 34.5 Å². The Morgan fingerprint density at radius 3 is 2.71 bits per heavy atom. The van der Waals surface area contributed by atoms with Crippen LogP contribution in [0.15, 0.2) is 24.3 Å². The van der Waals surface area contributed by atoms with E-state index in [1.54, 1.807) is 14.2 Å².